The first-order valence-corrected chi connectivity index (χ1v) is 5.20. The van der Waals surface area contributed by atoms with Crippen molar-refractivity contribution in [1.82, 2.24) is 0 Å². The minimum Gasteiger partial charge on any atom is -0.379 e. The maximum atomic E-state index is 6.12. The van der Waals surface area contributed by atoms with Crippen molar-refractivity contribution in [2.45, 2.75) is 58.1 Å². The monoisotopic (exact) mass is 185 g/mol. The molecule has 2 heteroatoms. The van der Waals surface area contributed by atoms with E-state index in [0.717, 1.165) is 12.8 Å². The van der Waals surface area contributed by atoms with E-state index in [4.69, 9.17) is 10.5 Å². The summed E-state index contributed by atoms with van der Waals surface area (Å²) in [6.07, 6.45) is 4.75. The van der Waals surface area contributed by atoms with Crippen molar-refractivity contribution < 1.29 is 4.74 Å². The molecule has 0 aromatic carbocycles. The zero-order valence-electron chi connectivity index (χ0n) is 9.39. The zero-order valence-corrected chi connectivity index (χ0v) is 9.39. The van der Waals surface area contributed by atoms with Crippen LogP contribution in [0.4, 0.5) is 0 Å². The highest BCUT2D eigenvalue weighted by Gasteiger charge is 2.42. The summed E-state index contributed by atoms with van der Waals surface area (Å²) < 4.78 is 5.37. The topological polar surface area (TPSA) is 35.2 Å². The third kappa shape index (κ3) is 2.96. The average molecular weight is 185 g/mol. The van der Waals surface area contributed by atoms with Gasteiger partial charge in [0.1, 0.15) is 0 Å². The van der Waals surface area contributed by atoms with Gasteiger partial charge in [0, 0.05) is 13.2 Å². The normalized spacial score (nSPS) is 22.8. The van der Waals surface area contributed by atoms with Crippen LogP contribution >= 0.6 is 0 Å². The Balaban J connectivity index is 2.26. The highest BCUT2D eigenvalue weighted by molar-refractivity contribution is 4.97. The molecule has 0 radical (unpaired) electrons. The molecule has 2 N–H and O–H groups in total. The predicted octanol–water partition coefficient (Wildman–Crippen LogP) is 2.32. The molecular formula is C11H23NO. The Morgan fingerprint density at radius 1 is 1.46 bits per heavy atom. The summed E-state index contributed by atoms with van der Waals surface area (Å²) in [6, 6.07) is 0.363. The van der Waals surface area contributed by atoms with Gasteiger partial charge in [0.25, 0.3) is 0 Å². The van der Waals surface area contributed by atoms with E-state index in [2.05, 4.69) is 20.8 Å². The van der Waals surface area contributed by atoms with Crippen molar-refractivity contribution >= 4 is 0 Å². The van der Waals surface area contributed by atoms with Crippen LogP contribution < -0.4 is 5.73 Å². The van der Waals surface area contributed by atoms with E-state index in [-0.39, 0.29) is 5.60 Å². The van der Waals surface area contributed by atoms with E-state index in [9.17, 15) is 0 Å². The summed E-state index contributed by atoms with van der Waals surface area (Å²) in [5.74, 6) is 0. The fraction of sp³-hybridized carbons (Fsp3) is 1.00. The minimum atomic E-state index is -0.0110. The molecule has 0 aliphatic heterocycles. The SMILES string of the molecule is COC(C)(C)CCC(N)C1(C)CC1. The van der Waals surface area contributed by atoms with Gasteiger partial charge >= 0.3 is 0 Å². The van der Waals surface area contributed by atoms with Gasteiger partial charge in [-0.15, -0.1) is 0 Å². The van der Waals surface area contributed by atoms with E-state index in [1.807, 2.05) is 0 Å². The second kappa shape index (κ2) is 3.58. The van der Waals surface area contributed by atoms with E-state index in [1.54, 1.807) is 7.11 Å². The van der Waals surface area contributed by atoms with Crippen LogP contribution in [0.25, 0.3) is 0 Å². The number of hydrogen-bond donors (Lipinski definition) is 1. The van der Waals surface area contributed by atoms with Crippen LogP contribution in [-0.4, -0.2) is 18.8 Å². The lowest BCUT2D eigenvalue weighted by Gasteiger charge is -2.26. The van der Waals surface area contributed by atoms with Gasteiger partial charge in [-0.2, -0.15) is 0 Å². The first kappa shape index (κ1) is 11.0. The van der Waals surface area contributed by atoms with Crippen molar-refractivity contribution in [2.75, 3.05) is 7.11 Å². The molecule has 1 unspecified atom stereocenters. The average Bonchev–Trinajstić information content (AvgIpc) is 2.81. The fourth-order valence-corrected chi connectivity index (χ4v) is 1.52. The standard InChI is InChI=1S/C11H23NO/c1-10(2,13-4)6-5-9(12)11(3)7-8-11/h9H,5-8,12H2,1-4H3. The second-order valence-electron chi connectivity index (χ2n) is 5.26. The maximum absolute atomic E-state index is 6.12. The van der Waals surface area contributed by atoms with Crippen LogP contribution in [0.15, 0.2) is 0 Å². The lowest BCUT2D eigenvalue weighted by Crippen LogP contribution is -2.33. The highest BCUT2D eigenvalue weighted by atomic mass is 16.5. The Hall–Kier alpha value is -0.0800. The zero-order chi connectivity index (χ0) is 10.1. The Morgan fingerprint density at radius 2 is 2.00 bits per heavy atom. The largest absolute Gasteiger partial charge is 0.379 e. The Kier molecular flexibility index (Phi) is 3.03. The molecule has 0 aromatic rings. The van der Waals surface area contributed by atoms with Gasteiger partial charge in [-0.25, -0.2) is 0 Å². The molecular weight excluding hydrogens is 162 g/mol. The number of ether oxygens (including phenoxy) is 1. The molecule has 1 fully saturated rings. The fourth-order valence-electron chi connectivity index (χ4n) is 1.52. The number of rotatable bonds is 5. The van der Waals surface area contributed by atoms with Crippen LogP contribution in [0.3, 0.4) is 0 Å². The molecule has 1 atom stereocenters. The van der Waals surface area contributed by atoms with E-state index >= 15 is 0 Å². The quantitative estimate of drug-likeness (QED) is 0.713. The van der Waals surface area contributed by atoms with Crippen LogP contribution in [0.5, 0.6) is 0 Å². The van der Waals surface area contributed by atoms with Gasteiger partial charge in [-0.3, -0.25) is 0 Å². The number of nitrogens with two attached hydrogens (primary N) is 1. The van der Waals surface area contributed by atoms with E-state index < -0.39 is 0 Å². The van der Waals surface area contributed by atoms with Crippen molar-refractivity contribution in [3.05, 3.63) is 0 Å². The minimum absolute atomic E-state index is 0.0110. The summed E-state index contributed by atoms with van der Waals surface area (Å²) in [6.45, 7) is 6.53. The first-order valence-electron chi connectivity index (χ1n) is 5.20. The van der Waals surface area contributed by atoms with Crippen LogP contribution in [0.2, 0.25) is 0 Å². The third-order valence-electron chi connectivity index (χ3n) is 3.54. The van der Waals surface area contributed by atoms with Crippen LogP contribution in [0, 0.1) is 5.41 Å². The molecule has 13 heavy (non-hydrogen) atoms. The molecule has 1 saturated carbocycles. The van der Waals surface area contributed by atoms with Gasteiger partial charge in [0.05, 0.1) is 5.60 Å². The number of methoxy groups -OCH3 is 1. The molecule has 0 bridgehead atoms. The van der Waals surface area contributed by atoms with Crippen molar-refractivity contribution in [3.63, 3.8) is 0 Å². The smallest absolute Gasteiger partial charge is 0.0623 e. The Labute approximate surface area is 81.8 Å². The molecule has 1 aliphatic rings. The summed E-state index contributed by atoms with van der Waals surface area (Å²) in [4.78, 5) is 0. The second-order valence-corrected chi connectivity index (χ2v) is 5.26. The molecule has 0 saturated heterocycles. The molecule has 78 valence electrons. The Morgan fingerprint density at radius 3 is 2.38 bits per heavy atom. The lowest BCUT2D eigenvalue weighted by atomic mass is 9.91. The van der Waals surface area contributed by atoms with Gasteiger partial charge < -0.3 is 10.5 Å². The summed E-state index contributed by atoms with van der Waals surface area (Å²) in [5.41, 5.74) is 6.56. The third-order valence-corrected chi connectivity index (χ3v) is 3.54. The van der Waals surface area contributed by atoms with Crippen molar-refractivity contribution in [2.24, 2.45) is 11.1 Å². The summed E-state index contributed by atoms with van der Waals surface area (Å²) >= 11 is 0. The van der Waals surface area contributed by atoms with Gasteiger partial charge in [0.2, 0.25) is 0 Å². The van der Waals surface area contributed by atoms with Crippen molar-refractivity contribution in [1.29, 1.82) is 0 Å². The van der Waals surface area contributed by atoms with Crippen LogP contribution in [0.1, 0.15) is 46.5 Å². The number of hydrogen-bond acceptors (Lipinski definition) is 2. The van der Waals surface area contributed by atoms with Crippen LogP contribution in [-0.2, 0) is 4.74 Å². The molecule has 1 aliphatic carbocycles. The first-order chi connectivity index (χ1) is 5.90. The lowest BCUT2D eigenvalue weighted by molar-refractivity contribution is 0.0111. The molecule has 0 spiro atoms. The summed E-state index contributed by atoms with van der Waals surface area (Å²) in [7, 11) is 1.77. The molecule has 0 heterocycles. The molecule has 0 amide bonds. The van der Waals surface area contributed by atoms with Gasteiger partial charge in [0.15, 0.2) is 0 Å². The predicted molar refractivity (Wildman–Crippen MR) is 55.6 cm³/mol. The van der Waals surface area contributed by atoms with Gasteiger partial charge in [-0.05, 0) is 44.9 Å². The van der Waals surface area contributed by atoms with Gasteiger partial charge in [-0.1, -0.05) is 6.92 Å². The molecule has 2 nitrogen and oxygen atoms in total. The van der Waals surface area contributed by atoms with E-state index in [0.29, 0.717) is 11.5 Å². The maximum Gasteiger partial charge on any atom is 0.0623 e. The van der Waals surface area contributed by atoms with E-state index in [1.165, 1.54) is 12.8 Å². The molecule has 1 rings (SSSR count). The summed E-state index contributed by atoms with van der Waals surface area (Å²) in [5, 5.41) is 0. The van der Waals surface area contributed by atoms with Crippen molar-refractivity contribution in [3.8, 4) is 0 Å². The highest BCUT2D eigenvalue weighted by Crippen LogP contribution is 2.48. The molecule has 0 aromatic heterocycles. The Bertz CT molecular complexity index is 173.